The van der Waals surface area contributed by atoms with E-state index >= 15 is 0 Å². The Labute approximate surface area is 154 Å². The zero-order chi connectivity index (χ0) is 19.2. The van der Waals surface area contributed by atoms with Gasteiger partial charge in [-0.05, 0) is 37.7 Å². The molecule has 2 rings (SSSR count). The maximum atomic E-state index is 12.0. The van der Waals surface area contributed by atoms with Crippen LogP contribution in [0, 0.1) is 0 Å². The van der Waals surface area contributed by atoms with Crippen LogP contribution in [-0.4, -0.2) is 63.6 Å². The Balaban J connectivity index is 1.93. The fraction of sp³-hybridized carbons (Fsp3) is 0.529. The van der Waals surface area contributed by atoms with Crippen molar-refractivity contribution >= 4 is 33.2 Å². The first kappa shape index (κ1) is 20.2. The number of hydrogen-bond acceptors (Lipinski definition) is 5. The molecule has 2 amide bonds. The molecule has 26 heavy (non-hydrogen) atoms. The lowest BCUT2D eigenvalue weighted by atomic mass is 10.2. The van der Waals surface area contributed by atoms with Gasteiger partial charge in [0.05, 0.1) is 11.4 Å². The molecule has 8 nitrogen and oxygen atoms in total. The molecule has 0 saturated carbocycles. The summed E-state index contributed by atoms with van der Waals surface area (Å²) in [5.41, 5.74) is 0.871. The van der Waals surface area contributed by atoms with Crippen LogP contribution in [0.2, 0.25) is 0 Å². The second-order valence-corrected chi connectivity index (χ2v) is 8.04. The molecule has 9 heteroatoms. The summed E-state index contributed by atoms with van der Waals surface area (Å²) >= 11 is 0. The summed E-state index contributed by atoms with van der Waals surface area (Å²) in [6, 6.07) is 6.50. The molecule has 0 aliphatic carbocycles. The third-order valence-electron chi connectivity index (χ3n) is 4.31. The molecule has 1 aromatic rings. The molecule has 1 aromatic carbocycles. The zero-order valence-electron chi connectivity index (χ0n) is 15.2. The number of amides is 2. The number of rotatable bonds is 7. The first-order chi connectivity index (χ1) is 12.4. The van der Waals surface area contributed by atoms with Crippen molar-refractivity contribution in [2.75, 3.05) is 48.1 Å². The quantitative estimate of drug-likeness (QED) is 0.674. The van der Waals surface area contributed by atoms with Crippen molar-refractivity contribution in [3.63, 3.8) is 0 Å². The monoisotopic (exact) mass is 382 g/mol. The summed E-state index contributed by atoms with van der Waals surface area (Å²) in [5, 5.41) is 5.10. The van der Waals surface area contributed by atoms with Crippen molar-refractivity contribution in [3.8, 4) is 0 Å². The Hall–Kier alpha value is -2.13. The van der Waals surface area contributed by atoms with E-state index in [-0.39, 0.29) is 5.75 Å². The van der Waals surface area contributed by atoms with E-state index in [9.17, 15) is 18.0 Å². The van der Waals surface area contributed by atoms with E-state index in [0.717, 1.165) is 13.1 Å². The maximum Gasteiger partial charge on any atom is 0.313 e. The lowest BCUT2D eigenvalue weighted by Crippen LogP contribution is -2.40. The molecule has 0 bridgehead atoms. The lowest BCUT2D eigenvalue weighted by Gasteiger charge is -2.18. The van der Waals surface area contributed by atoms with Gasteiger partial charge in [-0.25, -0.2) is 8.42 Å². The van der Waals surface area contributed by atoms with Crippen LogP contribution in [0.4, 0.5) is 11.4 Å². The SMILES string of the molecule is CCN(CC)CCNC(=O)C(=O)Nc1cccc(N2CCCS2(=O)=O)c1. The van der Waals surface area contributed by atoms with Crippen molar-refractivity contribution in [1.82, 2.24) is 10.2 Å². The third-order valence-corrected chi connectivity index (χ3v) is 6.18. The molecule has 0 spiro atoms. The summed E-state index contributed by atoms with van der Waals surface area (Å²) in [6.45, 7) is 7.31. The van der Waals surface area contributed by atoms with Crippen molar-refractivity contribution in [2.45, 2.75) is 20.3 Å². The lowest BCUT2D eigenvalue weighted by molar-refractivity contribution is -0.136. The van der Waals surface area contributed by atoms with Crippen LogP contribution in [0.5, 0.6) is 0 Å². The highest BCUT2D eigenvalue weighted by Crippen LogP contribution is 2.26. The topological polar surface area (TPSA) is 98.8 Å². The summed E-state index contributed by atoms with van der Waals surface area (Å²) in [7, 11) is -3.29. The van der Waals surface area contributed by atoms with E-state index in [2.05, 4.69) is 15.5 Å². The number of likely N-dealkylation sites (N-methyl/N-ethyl adjacent to an activating group) is 1. The van der Waals surface area contributed by atoms with Gasteiger partial charge in [-0.3, -0.25) is 13.9 Å². The Morgan fingerprint density at radius 2 is 1.92 bits per heavy atom. The maximum absolute atomic E-state index is 12.0. The number of carbonyl (C=O) groups excluding carboxylic acids is 2. The number of hydrogen-bond donors (Lipinski definition) is 2. The van der Waals surface area contributed by atoms with Gasteiger partial charge in [-0.15, -0.1) is 0 Å². The number of benzene rings is 1. The van der Waals surface area contributed by atoms with Gasteiger partial charge < -0.3 is 15.5 Å². The van der Waals surface area contributed by atoms with Gasteiger partial charge in [-0.1, -0.05) is 19.9 Å². The molecule has 1 saturated heterocycles. The van der Waals surface area contributed by atoms with Gasteiger partial charge in [0, 0.05) is 25.3 Å². The minimum Gasteiger partial charge on any atom is -0.347 e. The summed E-state index contributed by atoms with van der Waals surface area (Å²) in [5.74, 6) is -1.36. The minimum atomic E-state index is -3.29. The average Bonchev–Trinajstić information content (AvgIpc) is 2.98. The molecule has 2 N–H and O–H groups in total. The van der Waals surface area contributed by atoms with E-state index in [0.29, 0.717) is 37.4 Å². The normalized spacial score (nSPS) is 15.9. The molecule has 1 aliphatic heterocycles. The van der Waals surface area contributed by atoms with Gasteiger partial charge in [0.25, 0.3) is 0 Å². The van der Waals surface area contributed by atoms with Gasteiger partial charge >= 0.3 is 11.8 Å². The van der Waals surface area contributed by atoms with Gasteiger partial charge in [0.15, 0.2) is 0 Å². The fourth-order valence-corrected chi connectivity index (χ4v) is 4.36. The van der Waals surface area contributed by atoms with E-state index in [1.54, 1.807) is 24.3 Å². The summed E-state index contributed by atoms with van der Waals surface area (Å²) in [6.07, 6.45) is 0.577. The van der Waals surface area contributed by atoms with E-state index in [1.165, 1.54) is 4.31 Å². The smallest absolute Gasteiger partial charge is 0.313 e. The fourth-order valence-electron chi connectivity index (χ4n) is 2.80. The second-order valence-electron chi connectivity index (χ2n) is 6.03. The Bertz CT molecular complexity index is 747. The van der Waals surface area contributed by atoms with E-state index in [1.807, 2.05) is 13.8 Å². The molecular weight excluding hydrogens is 356 g/mol. The molecule has 0 unspecified atom stereocenters. The predicted molar refractivity (Wildman–Crippen MR) is 102 cm³/mol. The number of sulfonamides is 1. The highest BCUT2D eigenvalue weighted by atomic mass is 32.2. The molecule has 1 heterocycles. The molecule has 144 valence electrons. The Morgan fingerprint density at radius 3 is 2.54 bits per heavy atom. The van der Waals surface area contributed by atoms with Crippen molar-refractivity contribution in [3.05, 3.63) is 24.3 Å². The van der Waals surface area contributed by atoms with E-state index < -0.39 is 21.8 Å². The summed E-state index contributed by atoms with van der Waals surface area (Å²) in [4.78, 5) is 26.1. The highest BCUT2D eigenvalue weighted by molar-refractivity contribution is 7.93. The number of nitrogens with zero attached hydrogens (tertiary/aromatic N) is 2. The zero-order valence-corrected chi connectivity index (χ0v) is 16.0. The van der Waals surface area contributed by atoms with Crippen LogP contribution < -0.4 is 14.9 Å². The largest absolute Gasteiger partial charge is 0.347 e. The predicted octanol–water partition coefficient (Wildman–Crippen LogP) is 0.623. The third kappa shape index (κ3) is 5.18. The van der Waals surface area contributed by atoms with Gasteiger partial charge in [-0.2, -0.15) is 0 Å². The number of anilines is 2. The first-order valence-corrected chi connectivity index (χ1v) is 10.4. The first-order valence-electron chi connectivity index (χ1n) is 8.79. The van der Waals surface area contributed by atoms with Crippen LogP contribution in [0.15, 0.2) is 24.3 Å². The molecule has 0 aromatic heterocycles. The number of carbonyl (C=O) groups is 2. The standard InChI is InChI=1S/C17H26N4O4S/c1-3-20(4-2)11-9-18-16(22)17(23)19-14-7-5-8-15(13-14)21-10-6-12-26(21,24)25/h5,7-8,13H,3-4,6,9-12H2,1-2H3,(H,18,22)(H,19,23). The molecule has 1 aliphatic rings. The molecule has 1 fully saturated rings. The van der Waals surface area contributed by atoms with Crippen LogP contribution in [-0.2, 0) is 19.6 Å². The average molecular weight is 382 g/mol. The number of nitrogens with one attached hydrogen (secondary N) is 2. The van der Waals surface area contributed by atoms with Crippen molar-refractivity contribution in [1.29, 1.82) is 0 Å². The van der Waals surface area contributed by atoms with Crippen LogP contribution in [0.1, 0.15) is 20.3 Å². The van der Waals surface area contributed by atoms with Crippen LogP contribution in [0.3, 0.4) is 0 Å². The van der Waals surface area contributed by atoms with Gasteiger partial charge in [0.1, 0.15) is 0 Å². The van der Waals surface area contributed by atoms with Crippen molar-refractivity contribution in [2.24, 2.45) is 0 Å². The second kappa shape index (κ2) is 9.00. The van der Waals surface area contributed by atoms with Gasteiger partial charge in [0.2, 0.25) is 10.0 Å². The summed E-state index contributed by atoms with van der Waals surface area (Å²) < 4.78 is 25.3. The van der Waals surface area contributed by atoms with Crippen molar-refractivity contribution < 1.29 is 18.0 Å². The Morgan fingerprint density at radius 1 is 1.19 bits per heavy atom. The Kier molecular flexibility index (Phi) is 6.98. The van der Waals surface area contributed by atoms with Crippen LogP contribution >= 0.6 is 0 Å². The van der Waals surface area contributed by atoms with Crippen LogP contribution in [0.25, 0.3) is 0 Å². The highest BCUT2D eigenvalue weighted by Gasteiger charge is 2.28. The van der Waals surface area contributed by atoms with E-state index in [4.69, 9.17) is 0 Å². The molecular formula is C17H26N4O4S. The molecule has 0 atom stereocenters. The molecule has 0 radical (unpaired) electrons. The minimum absolute atomic E-state index is 0.124.